The van der Waals surface area contributed by atoms with Crippen molar-refractivity contribution in [2.45, 2.75) is 13.8 Å². The Labute approximate surface area is 129 Å². The summed E-state index contributed by atoms with van der Waals surface area (Å²) in [4.78, 5) is 4.92. The summed E-state index contributed by atoms with van der Waals surface area (Å²) in [6.45, 7) is 10.0. The molecule has 1 aromatic carbocycles. The Morgan fingerprint density at radius 2 is 1.95 bits per heavy atom. The number of hydrogen-bond donors (Lipinski definition) is 2. The van der Waals surface area contributed by atoms with Crippen LogP contribution in [0.5, 0.6) is 0 Å². The minimum absolute atomic E-state index is 0.110. The number of nitrogens with two attached hydrogens (primary N) is 1. The number of piperazine rings is 1. The molecule has 0 bridgehead atoms. The molecule has 0 saturated carbocycles. The Kier molecular flexibility index (Phi) is 5.05. The average molecular weight is 339 g/mol. The Morgan fingerprint density at radius 3 is 2.45 bits per heavy atom. The number of nitrogen functional groups attached to an aromatic ring is 1. The molecule has 0 radical (unpaired) electrons. The van der Waals surface area contributed by atoms with Crippen LogP contribution >= 0.6 is 15.9 Å². The zero-order valence-corrected chi connectivity index (χ0v) is 13.8. The summed E-state index contributed by atoms with van der Waals surface area (Å²) in [6, 6.07) is 5.90. The predicted molar refractivity (Wildman–Crippen MR) is 88.6 cm³/mol. The van der Waals surface area contributed by atoms with E-state index in [1.165, 1.54) is 12.2 Å². The fraction of sp³-hybridized carbons (Fsp3) is 0.533. The molecule has 1 saturated heterocycles. The Morgan fingerprint density at radius 1 is 1.30 bits per heavy atom. The van der Waals surface area contributed by atoms with Gasteiger partial charge in [-0.1, -0.05) is 13.8 Å². The third-order valence-electron chi connectivity index (χ3n) is 3.60. The van der Waals surface area contributed by atoms with Crippen molar-refractivity contribution in [2.24, 2.45) is 11.7 Å². The van der Waals surface area contributed by atoms with E-state index in [9.17, 15) is 0 Å². The highest BCUT2D eigenvalue weighted by atomic mass is 79.9. The van der Waals surface area contributed by atoms with E-state index < -0.39 is 0 Å². The van der Waals surface area contributed by atoms with Crippen LogP contribution in [-0.4, -0.2) is 43.5 Å². The molecule has 0 unspecified atom stereocenters. The maximum Gasteiger partial charge on any atom is 0.122 e. The van der Waals surface area contributed by atoms with Gasteiger partial charge in [-0.25, -0.2) is 0 Å². The molecule has 5 heteroatoms. The molecule has 0 aromatic heterocycles. The van der Waals surface area contributed by atoms with Crippen molar-refractivity contribution < 1.29 is 0 Å². The Hall–Kier alpha value is -1.07. The van der Waals surface area contributed by atoms with Gasteiger partial charge in [0.15, 0.2) is 0 Å². The van der Waals surface area contributed by atoms with Crippen LogP contribution in [0.15, 0.2) is 22.7 Å². The van der Waals surface area contributed by atoms with Crippen LogP contribution in [0.4, 0.5) is 5.69 Å². The number of hydrogen-bond acceptors (Lipinski definition) is 3. The first-order chi connectivity index (χ1) is 9.47. The second-order valence-corrected chi connectivity index (χ2v) is 6.62. The first-order valence-corrected chi connectivity index (χ1v) is 7.88. The lowest BCUT2D eigenvalue weighted by Crippen LogP contribution is -2.47. The molecule has 0 spiro atoms. The summed E-state index contributed by atoms with van der Waals surface area (Å²) in [6.07, 6.45) is 0. The van der Waals surface area contributed by atoms with Crippen molar-refractivity contribution in [3.63, 3.8) is 0 Å². The average Bonchev–Trinajstić information content (AvgIpc) is 2.39. The van der Waals surface area contributed by atoms with Gasteiger partial charge in [0.1, 0.15) is 5.84 Å². The maximum atomic E-state index is 7.48. The van der Waals surface area contributed by atoms with Gasteiger partial charge in [0.05, 0.1) is 5.69 Å². The lowest BCUT2D eigenvalue weighted by atomic mass is 10.1. The minimum atomic E-state index is 0.110. The molecule has 0 amide bonds. The summed E-state index contributed by atoms with van der Waals surface area (Å²) in [5.74, 6) is 0.835. The standard InChI is InChI=1S/C15H23BrN4/c1-11(2)10-19-5-7-20(8-6-19)14-4-3-12(15(17)18)9-13(14)16/h3-4,9,11H,5-8,10H2,1-2H3,(H3,17,18). The fourth-order valence-electron chi connectivity index (χ4n) is 2.62. The molecule has 0 aliphatic carbocycles. The van der Waals surface area contributed by atoms with Crippen molar-refractivity contribution in [1.29, 1.82) is 5.41 Å². The number of anilines is 1. The number of amidine groups is 1. The largest absolute Gasteiger partial charge is 0.384 e. The second kappa shape index (κ2) is 6.59. The molecule has 110 valence electrons. The Bertz CT molecular complexity index is 479. The minimum Gasteiger partial charge on any atom is -0.384 e. The molecule has 3 N–H and O–H groups in total. The van der Waals surface area contributed by atoms with Gasteiger partial charge >= 0.3 is 0 Å². The number of halogens is 1. The van der Waals surface area contributed by atoms with Gasteiger partial charge in [-0.05, 0) is 40.0 Å². The summed E-state index contributed by atoms with van der Waals surface area (Å²) in [5.41, 5.74) is 7.47. The number of benzene rings is 1. The Balaban J connectivity index is 2.02. The van der Waals surface area contributed by atoms with Crippen molar-refractivity contribution in [1.82, 2.24) is 4.90 Å². The zero-order valence-electron chi connectivity index (χ0n) is 12.2. The SMILES string of the molecule is CC(C)CN1CCN(c2ccc(C(=N)N)cc2Br)CC1. The van der Waals surface area contributed by atoms with Gasteiger partial charge in [-0.15, -0.1) is 0 Å². The topological polar surface area (TPSA) is 56.4 Å². The summed E-state index contributed by atoms with van der Waals surface area (Å²) in [5, 5.41) is 7.48. The third-order valence-corrected chi connectivity index (χ3v) is 4.23. The quantitative estimate of drug-likeness (QED) is 0.655. The lowest BCUT2D eigenvalue weighted by Gasteiger charge is -2.37. The van der Waals surface area contributed by atoms with Gasteiger partial charge in [0.2, 0.25) is 0 Å². The van der Waals surface area contributed by atoms with E-state index in [0.717, 1.165) is 42.1 Å². The summed E-state index contributed by atoms with van der Waals surface area (Å²) >= 11 is 3.60. The monoisotopic (exact) mass is 338 g/mol. The number of rotatable bonds is 4. The highest BCUT2D eigenvalue weighted by Gasteiger charge is 2.19. The molecule has 0 atom stereocenters. The smallest absolute Gasteiger partial charge is 0.122 e. The van der Waals surface area contributed by atoms with E-state index in [-0.39, 0.29) is 5.84 Å². The molecule has 1 fully saturated rings. The molecule has 20 heavy (non-hydrogen) atoms. The van der Waals surface area contributed by atoms with E-state index in [4.69, 9.17) is 11.1 Å². The second-order valence-electron chi connectivity index (χ2n) is 5.76. The molecule has 1 aromatic rings. The van der Waals surface area contributed by atoms with E-state index >= 15 is 0 Å². The first kappa shape index (κ1) is 15.3. The zero-order chi connectivity index (χ0) is 14.7. The third kappa shape index (κ3) is 3.73. The summed E-state index contributed by atoms with van der Waals surface area (Å²) in [7, 11) is 0. The van der Waals surface area contributed by atoms with Gasteiger partial charge in [0, 0.05) is 42.8 Å². The van der Waals surface area contributed by atoms with Crippen LogP contribution < -0.4 is 10.6 Å². The van der Waals surface area contributed by atoms with Crippen molar-refractivity contribution in [3.05, 3.63) is 28.2 Å². The molecule has 2 rings (SSSR count). The van der Waals surface area contributed by atoms with E-state index in [1.54, 1.807) is 0 Å². The summed E-state index contributed by atoms with van der Waals surface area (Å²) < 4.78 is 1.02. The number of nitrogens with zero attached hydrogens (tertiary/aromatic N) is 2. The maximum absolute atomic E-state index is 7.48. The lowest BCUT2D eigenvalue weighted by molar-refractivity contribution is 0.231. The predicted octanol–water partition coefficient (Wildman–Crippen LogP) is 2.51. The van der Waals surface area contributed by atoms with E-state index in [2.05, 4.69) is 45.6 Å². The normalized spacial score (nSPS) is 16.7. The van der Waals surface area contributed by atoms with Crippen LogP contribution in [0.1, 0.15) is 19.4 Å². The van der Waals surface area contributed by atoms with Gasteiger partial charge in [-0.3, -0.25) is 10.3 Å². The van der Waals surface area contributed by atoms with E-state index in [0.29, 0.717) is 0 Å². The molecule has 1 heterocycles. The van der Waals surface area contributed by atoms with Crippen molar-refractivity contribution in [2.75, 3.05) is 37.6 Å². The van der Waals surface area contributed by atoms with E-state index in [1.807, 2.05) is 12.1 Å². The van der Waals surface area contributed by atoms with Crippen LogP contribution in [0.3, 0.4) is 0 Å². The van der Waals surface area contributed by atoms with Crippen molar-refractivity contribution in [3.8, 4) is 0 Å². The van der Waals surface area contributed by atoms with Crippen LogP contribution in [0.25, 0.3) is 0 Å². The van der Waals surface area contributed by atoms with Crippen LogP contribution in [0, 0.1) is 11.3 Å². The van der Waals surface area contributed by atoms with Gasteiger partial charge in [-0.2, -0.15) is 0 Å². The van der Waals surface area contributed by atoms with Crippen LogP contribution in [0.2, 0.25) is 0 Å². The molecular weight excluding hydrogens is 316 g/mol. The van der Waals surface area contributed by atoms with Gasteiger partial charge < -0.3 is 10.6 Å². The molecule has 1 aliphatic rings. The van der Waals surface area contributed by atoms with Crippen molar-refractivity contribution >= 4 is 27.5 Å². The fourth-order valence-corrected chi connectivity index (χ4v) is 3.25. The molecular formula is C15H23BrN4. The van der Waals surface area contributed by atoms with Gasteiger partial charge in [0.25, 0.3) is 0 Å². The molecule has 4 nitrogen and oxygen atoms in total. The highest BCUT2D eigenvalue weighted by molar-refractivity contribution is 9.10. The highest BCUT2D eigenvalue weighted by Crippen LogP contribution is 2.28. The number of nitrogens with one attached hydrogen (secondary N) is 1. The van der Waals surface area contributed by atoms with Crippen LogP contribution in [-0.2, 0) is 0 Å². The first-order valence-electron chi connectivity index (χ1n) is 7.08. The molecule has 1 aliphatic heterocycles.